The van der Waals surface area contributed by atoms with E-state index < -0.39 is 29.0 Å². The number of nitrogens with one attached hydrogen (secondary N) is 1. The van der Waals surface area contributed by atoms with E-state index in [1.807, 2.05) is 0 Å². The molecular weight excluding hydrogens is 292 g/mol. The molecule has 2 amide bonds. The maximum atomic E-state index is 13.7. The molecule has 1 N–H and O–H groups in total. The van der Waals surface area contributed by atoms with Crippen molar-refractivity contribution in [3.8, 4) is 0 Å². The number of alkyl halides is 3. The van der Waals surface area contributed by atoms with E-state index in [1.54, 1.807) is 0 Å². The van der Waals surface area contributed by atoms with Crippen molar-refractivity contribution in [2.45, 2.75) is 12.6 Å². The SMILES string of the molecule is CN(C)C(=O)CCNC(=O)c1cccc(C(F)(F)F)c1F. The summed E-state index contributed by atoms with van der Waals surface area (Å²) >= 11 is 0. The second kappa shape index (κ2) is 6.55. The van der Waals surface area contributed by atoms with Crippen LogP contribution in [0.3, 0.4) is 0 Å². The number of benzene rings is 1. The van der Waals surface area contributed by atoms with Crippen molar-refractivity contribution in [2.24, 2.45) is 0 Å². The molecule has 0 unspecified atom stereocenters. The van der Waals surface area contributed by atoms with Crippen molar-refractivity contribution in [3.05, 3.63) is 35.1 Å². The average Bonchev–Trinajstić information content (AvgIpc) is 2.37. The van der Waals surface area contributed by atoms with Gasteiger partial charge >= 0.3 is 6.18 Å². The van der Waals surface area contributed by atoms with Gasteiger partial charge in [0.05, 0.1) is 11.1 Å². The lowest BCUT2D eigenvalue weighted by Crippen LogP contribution is -2.31. The summed E-state index contributed by atoms with van der Waals surface area (Å²) in [5, 5.41) is 2.21. The van der Waals surface area contributed by atoms with Crippen molar-refractivity contribution < 1.29 is 27.2 Å². The Balaban J connectivity index is 2.78. The molecule has 0 aliphatic rings. The van der Waals surface area contributed by atoms with Crippen LogP contribution in [-0.2, 0) is 11.0 Å². The monoisotopic (exact) mass is 306 g/mol. The van der Waals surface area contributed by atoms with Crippen LogP contribution in [-0.4, -0.2) is 37.4 Å². The molecule has 0 spiro atoms. The molecule has 4 nitrogen and oxygen atoms in total. The normalized spacial score (nSPS) is 11.1. The van der Waals surface area contributed by atoms with Crippen molar-refractivity contribution in [2.75, 3.05) is 20.6 Å². The van der Waals surface area contributed by atoms with Gasteiger partial charge in [-0.3, -0.25) is 9.59 Å². The van der Waals surface area contributed by atoms with Crippen LogP contribution < -0.4 is 5.32 Å². The van der Waals surface area contributed by atoms with Crippen molar-refractivity contribution in [1.29, 1.82) is 0 Å². The molecule has 1 rings (SSSR count). The van der Waals surface area contributed by atoms with Gasteiger partial charge in [0.25, 0.3) is 5.91 Å². The minimum Gasteiger partial charge on any atom is -0.351 e. The second-order valence-corrected chi connectivity index (χ2v) is 4.46. The molecule has 8 heteroatoms. The summed E-state index contributed by atoms with van der Waals surface area (Å²) in [6.07, 6.45) is -4.90. The van der Waals surface area contributed by atoms with Crippen LogP contribution in [0.1, 0.15) is 22.3 Å². The number of halogens is 4. The number of rotatable bonds is 4. The predicted octanol–water partition coefficient (Wildman–Crippen LogP) is 2.05. The Hall–Kier alpha value is -2.12. The summed E-state index contributed by atoms with van der Waals surface area (Å²) in [7, 11) is 3.05. The fourth-order valence-corrected chi connectivity index (χ4v) is 1.53. The van der Waals surface area contributed by atoms with Gasteiger partial charge in [0.1, 0.15) is 5.82 Å². The van der Waals surface area contributed by atoms with Crippen LogP contribution in [0.5, 0.6) is 0 Å². The van der Waals surface area contributed by atoms with Gasteiger partial charge in [0, 0.05) is 27.1 Å². The summed E-state index contributed by atoms with van der Waals surface area (Å²) in [6.45, 7) is -0.0917. The van der Waals surface area contributed by atoms with Gasteiger partial charge in [-0.15, -0.1) is 0 Å². The zero-order chi connectivity index (χ0) is 16.2. The highest BCUT2D eigenvalue weighted by atomic mass is 19.4. The maximum Gasteiger partial charge on any atom is 0.419 e. The first-order valence-electron chi connectivity index (χ1n) is 5.98. The van der Waals surface area contributed by atoms with Crippen LogP contribution in [0, 0.1) is 5.82 Å². The van der Waals surface area contributed by atoms with Gasteiger partial charge in [-0.25, -0.2) is 4.39 Å². The topological polar surface area (TPSA) is 49.4 Å². The van der Waals surface area contributed by atoms with Crippen LogP contribution >= 0.6 is 0 Å². The third-order valence-corrected chi connectivity index (χ3v) is 2.67. The van der Waals surface area contributed by atoms with E-state index in [4.69, 9.17) is 0 Å². The second-order valence-electron chi connectivity index (χ2n) is 4.46. The van der Waals surface area contributed by atoms with Gasteiger partial charge < -0.3 is 10.2 Å². The molecule has 0 aromatic heterocycles. The Morgan fingerprint density at radius 1 is 1.24 bits per heavy atom. The molecular formula is C13H14F4N2O2. The maximum absolute atomic E-state index is 13.7. The molecule has 0 radical (unpaired) electrons. The van der Waals surface area contributed by atoms with Crippen molar-refractivity contribution >= 4 is 11.8 Å². The fraction of sp³-hybridized carbons (Fsp3) is 0.385. The molecule has 0 aliphatic heterocycles. The Bertz CT molecular complexity index is 541. The van der Waals surface area contributed by atoms with Crippen LogP contribution in [0.4, 0.5) is 17.6 Å². The first-order chi connectivity index (χ1) is 9.64. The van der Waals surface area contributed by atoms with Crippen molar-refractivity contribution in [1.82, 2.24) is 10.2 Å². The Kier molecular flexibility index (Phi) is 5.28. The van der Waals surface area contributed by atoms with Gasteiger partial charge in [0.2, 0.25) is 5.91 Å². The predicted molar refractivity (Wildman–Crippen MR) is 67.0 cm³/mol. The van der Waals surface area contributed by atoms with E-state index in [0.29, 0.717) is 6.07 Å². The van der Waals surface area contributed by atoms with Crippen LogP contribution in [0.2, 0.25) is 0 Å². The molecule has 116 valence electrons. The molecule has 1 aromatic rings. The number of carbonyl (C=O) groups is 2. The summed E-state index contributed by atoms with van der Waals surface area (Å²) < 4.78 is 51.2. The van der Waals surface area contributed by atoms with Crippen molar-refractivity contribution in [3.63, 3.8) is 0 Å². The molecule has 21 heavy (non-hydrogen) atoms. The Morgan fingerprint density at radius 3 is 2.38 bits per heavy atom. The Morgan fingerprint density at radius 2 is 1.86 bits per heavy atom. The fourth-order valence-electron chi connectivity index (χ4n) is 1.53. The first-order valence-corrected chi connectivity index (χ1v) is 5.98. The van der Waals surface area contributed by atoms with E-state index in [9.17, 15) is 27.2 Å². The van der Waals surface area contributed by atoms with Crippen LogP contribution in [0.15, 0.2) is 18.2 Å². The van der Waals surface area contributed by atoms with E-state index in [2.05, 4.69) is 5.32 Å². The number of nitrogens with zero attached hydrogens (tertiary/aromatic N) is 1. The van der Waals surface area contributed by atoms with E-state index >= 15 is 0 Å². The molecule has 1 aromatic carbocycles. The number of carbonyl (C=O) groups excluding carboxylic acids is 2. The number of hydrogen-bond acceptors (Lipinski definition) is 2. The highest BCUT2D eigenvalue weighted by molar-refractivity contribution is 5.95. The number of amides is 2. The zero-order valence-corrected chi connectivity index (χ0v) is 11.4. The van der Waals surface area contributed by atoms with Gasteiger partial charge in [-0.1, -0.05) is 6.07 Å². The third kappa shape index (κ3) is 4.44. The minimum absolute atomic E-state index is 0.0285. The molecule has 0 aliphatic carbocycles. The summed E-state index contributed by atoms with van der Waals surface area (Å²) in [5.74, 6) is -2.88. The first kappa shape index (κ1) is 16.9. The molecule has 0 fully saturated rings. The zero-order valence-electron chi connectivity index (χ0n) is 11.4. The van der Waals surface area contributed by atoms with E-state index in [1.165, 1.54) is 19.0 Å². The molecule has 0 bridgehead atoms. The standard InChI is InChI=1S/C13H14F4N2O2/c1-19(2)10(20)6-7-18-12(21)8-4-3-5-9(11(8)14)13(15,16)17/h3-5H,6-7H2,1-2H3,(H,18,21). The van der Waals surface area contributed by atoms with Gasteiger partial charge in [-0.2, -0.15) is 13.2 Å². The van der Waals surface area contributed by atoms with Crippen LogP contribution in [0.25, 0.3) is 0 Å². The molecule has 0 atom stereocenters. The summed E-state index contributed by atoms with van der Waals surface area (Å²) in [6, 6.07) is 2.46. The van der Waals surface area contributed by atoms with E-state index in [0.717, 1.165) is 12.1 Å². The Labute approximate surface area is 118 Å². The lowest BCUT2D eigenvalue weighted by atomic mass is 10.1. The minimum atomic E-state index is -4.87. The largest absolute Gasteiger partial charge is 0.419 e. The molecule has 0 heterocycles. The van der Waals surface area contributed by atoms with Gasteiger partial charge in [-0.05, 0) is 12.1 Å². The van der Waals surface area contributed by atoms with Gasteiger partial charge in [0.15, 0.2) is 0 Å². The summed E-state index contributed by atoms with van der Waals surface area (Å²) in [4.78, 5) is 24.2. The number of hydrogen-bond donors (Lipinski definition) is 1. The third-order valence-electron chi connectivity index (χ3n) is 2.67. The van der Waals surface area contributed by atoms with E-state index in [-0.39, 0.29) is 18.9 Å². The molecule has 0 saturated heterocycles. The lowest BCUT2D eigenvalue weighted by molar-refractivity contribution is -0.140. The highest BCUT2D eigenvalue weighted by Gasteiger charge is 2.35. The molecule has 0 saturated carbocycles. The smallest absolute Gasteiger partial charge is 0.351 e. The lowest BCUT2D eigenvalue weighted by Gasteiger charge is -2.12. The quantitative estimate of drug-likeness (QED) is 0.866. The summed E-state index contributed by atoms with van der Waals surface area (Å²) in [5.41, 5.74) is -2.21. The average molecular weight is 306 g/mol. The highest BCUT2D eigenvalue weighted by Crippen LogP contribution is 2.32.